The van der Waals surface area contributed by atoms with E-state index in [-0.39, 0.29) is 102 Å². The molecule has 18 N–H and O–H groups in total. The third-order valence-electron chi connectivity index (χ3n) is 12.0. The van der Waals surface area contributed by atoms with Crippen molar-refractivity contribution in [3.8, 4) is 0 Å². The van der Waals surface area contributed by atoms with Gasteiger partial charge in [-0.1, -0.05) is 61.9 Å². The molecule has 0 saturated carbocycles. The average Bonchev–Trinajstić information content (AvgIpc) is 3.76. The smallest absolute Gasteiger partial charge is 0.324 e. The molecule has 25 heteroatoms. The van der Waals surface area contributed by atoms with Crippen LogP contribution in [0.4, 0.5) is 4.79 Å². The molecule has 6 atom stereocenters. The number of carbonyl (C=O) groups excluding carboxylic acids is 9. The van der Waals surface area contributed by atoms with Crippen molar-refractivity contribution in [1.29, 1.82) is 0 Å². The predicted molar refractivity (Wildman–Crippen MR) is 277 cm³/mol. The number of H-pyrrole nitrogens is 1. The lowest BCUT2D eigenvalue weighted by Gasteiger charge is -2.30. The largest absolute Gasteiger partial charge is 0.370 e. The van der Waals surface area contributed by atoms with Gasteiger partial charge in [0.1, 0.15) is 36.3 Å². The van der Waals surface area contributed by atoms with Gasteiger partial charge in [-0.3, -0.25) is 53.2 Å². The second-order valence-electron chi connectivity index (χ2n) is 17.9. The molecule has 0 radical (unpaired) electrons. The first-order valence-electron chi connectivity index (χ1n) is 24.7. The van der Waals surface area contributed by atoms with E-state index < -0.39 is 96.0 Å². The fourth-order valence-electron chi connectivity index (χ4n) is 8.16. The summed E-state index contributed by atoms with van der Waals surface area (Å²) in [7, 11) is 0. The summed E-state index contributed by atoms with van der Waals surface area (Å²) in [5.74, 6) is -6.76. The number of fused-ring (bicyclic) bond motifs is 1. The molecule has 3 aromatic rings. The number of nitrogens with one attached hydrogen (secondary N) is 8. The maximum atomic E-state index is 14.7. The van der Waals surface area contributed by atoms with E-state index in [0.717, 1.165) is 15.8 Å². The summed E-state index contributed by atoms with van der Waals surface area (Å²) in [6.45, 7) is 2.99. The Morgan fingerprint density at radius 1 is 0.757 bits per heavy atom. The standard InChI is InChI=1S/C49H72N16O9/c1-3-4-24-65-46(73)39(63-42(69)35(59-29(2)66)19-12-22-56-47(51)52)27-40(67)55-21-11-10-18-34(41(50)68)60-45(72)38(26-31-28-58-33-17-9-8-16-32(31)33)62-43(70)36(20-13-23-57-48(53)54)61-44(71)37(64-49(65)74)25-30-14-6-5-7-15-30/h5-9,14-17,28,34-39,58H,3-4,10-13,18-27H2,1-2H3,(H2,50,68)(H,55,67)(H,59,66)(H,60,72)(H,61,71)(H,62,70)(H,63,69)(H,64,74)(H4,51,52,56)(H4,53,54,57)/t34?,35-,36?,37?,38-,39?/m0/s1. The quantitative estimate of drug-likeness (QED) is 0.0366. The van der Waals surface area contributed by atoms with Crippen LogP contribution in [0.15, 0.2) is 70.8 Å². The number of nitrogens with zero attached hydrogens (tertiary/aromatic N) is 3. The first-order chi connectivity index (χ1) is 35.4. The highest BCUT2D eigenvalue weighted by Gasteiger charge is 2.37. The number of aromatic amines is 1. The molecular formula is C49H72N16O9. The molecule has 402 valence electrons. The van der Waals surface area contributed by atoms with Crippen LogP contribution in [0, 0.1) is 0 Å². The van der Waals surface area contributed by atoms with Crippen LogP contribution in [0.1, 0.15) is 89.2 Å². The topological polar surface area (TPSA) is 412 Å². The van der Waals surface area contributed by atoms with Crippen molar-refractivity contribution in [3.05, 3.63) is 71.9 Å². The summed E-state index contributed by atoms with van der Waals surface area (Å²) in [4.78, 5) is 137. The van der Waals surface area contributed by atoms with E-state index in [1.165, 1.54) is 6.92 Å². The minimum atomic E-state index is -1.68. The minimum absolute atomic E-state index is 0.0204. The maximum absolute atomic E-state index is 14.7. The number of aromatic nitrogens is 1. The number of hydrogen-bond donors (Lipinski definition) is 13. The van der Waals surface area contributed by atoms with Crippen LogP contribution < -0.4 is 65.9 Å². The molecule has 1 aromatic heterocycles. The number of aliphatic imine (C=N–C) groups is 2. The van der Waals surface area contributed by atoms with Gasteiger partial charge in [0.15, 0.2) is 11.9 Å². The van der Waals surface area contributed by atoms with Gasteiger partial charge in [0.25, 0.3) is 5.91 Å². The van der Waals surface area contributed by atoms with Crippen LogP contribution in [0.3, 0.4) is 0 Å². The van der Waals surface area contributed by atoms with E-state index in [9.17, 15) is 43.2 Å². The lowest BCUT2D eigenvalue weighted by atomic mass is 10.0. The van der Waals surface area contributed by atoms with Crippen molar-refractivity contribution in [2.45, 2.75) is 127 Å². The monoisotopic (exact) mass is 1030 g/mol. The van der Waals surface area contributed by atoms with Crippen LogP contribution in [0.2, 0.25) is 0 Å². The molecule has 1 fully saturated rings. The summed E-state index contributed by atoms with van der Waals surface area (Å²) in [5, 5.41) is 19.4. The highest BCUT2D eigenvalue weighted by Crippen LogP contribution is 2.20. The van der Waals surface area contributed by atoms with Crippen molar-refractivity contribution in [3.63, 3.8) is 0 Å². The molecule has 4 rings (SSSR count). The summed E-state index contributed by atoms with van der Waals surface area (Å²) >= 11 is 0. The van der Waals surface area contributed by atoms with Crippen molar-refractivity contribution in [2.75, 3.05) is 26.2 Å². The van der Waals surface area contributed by atoms with Gasteiger partial charge in [-0.25, -0.2) is 4.79 Å². The molecule has 10 amide bonds. The lowest BCUT2D eigenvalue weighted by molar-refractivity contribution is -0.137. The molecule has 0 spiro atoms. The Balaban J connectivity index is 1.79. The van der Waals surface area contributed by atoms with E-state index in [1.807, 2.05) is 31.2 Å². The number of amides is 10. The number of guanidine groups is 2. The zero-order valence-corrected chi connectivity index (χ0v) is 42.0. The number of primary amides is 1. The molecule has 74 heavy (non-hydrogen) atoms. The van der Waals surface area contributed by atoms with Gasteiger partial charge in [-0.2, -0.15) is 0 Å². The van der Waals surface area contributed by atoms with Gasteiger partial charge in [-0.05, 0) is 68.6 Å². The number of nitrogens with two attached hydrogens (primary N) is 5. The zero-order valence-electron chi connectivity index (χ0n) is 42.0. The van der Waals surface area contributed by atoms with Crippen LogP contribution >= 0.6 is 0 Å². The third-order valence-corrected chi connectivity index (χ3v) is 12.0. The van der Waals surface area contributed by atoms with Gasteiger partial charge in [-0.15, -0.1) is 0 Å². The normalized spacial score (nSPS) is 20.2. The number of urea groups is 1. The fourth-order valence-corrected chi connectivity index (χ4v) is 8.16. The number of unbranched alkanes of at least 4 members (excludes halogenated alkanes) is 1. The Bertz CT molecular complexity index is 2470. The number of rotatable bonds is 19. The number of benzene rings is 2. The number of para-hydroxylation sites is 1. The van der Waals surface area contributed by atoms with Crippen molar-refractivity contribution in [1.82, 2.24) is 47.1 Å². The second kappa shape index (κ2) is 29.9. The molecule has 0 bridgehead atoms. The van der Waals surface area contributed by atoms with Crippen molar-refractivity contribution in [2.24, 2.45) is 38.7 Å². The zero-order chi connectivity index (χ0) is 54.2. The van der Waals surface area contributed by atoms with E-state index >= 15 is 0 Å². The molecule has 2 aromatic carbocycles. The number of hydrogen-bond acceptors (Lipinski definition) is 11. The second-order valence-corrected chi connectivity index (χ2v) is 17.9. The lowest BCUT2D eigenvalue weighted by Crippen LogP contribution is -2.61. The predicted octanol–water partition coefficient (Wildman–Crippen LogP) is -1.61. The number of imide groups is 1. The Labute approximate surface area is 429 Å². The molecule has 4 unspecified atom stereocenters. The maximum Gasteiger partial charge on any atom is 0.324 e. The molecule has 1 aliphatic heterocycles. The number of carbonyl (C=O) groups is 9. The minimum Gasteiger partial charge on any atom is -0.370 e. The van der Waals surface area contributed by atoms with Crippen molar-refractivity contribution < 1.29 is 43.2 Å². The molecular weight excluding hydrogens is 957 g/mol. The summed E-state index contributed by atoms with van der Waals surface area (Å²) in [6, 6.07) is 6.64. The SMILES string of the molecule is CCCCN1C(=O)NC(Cc2ccccc2)C(=O)NC(CCCN=C(N)N)C(=O)N[C@@H](Cc2c[nH]c3ccccc23)C(=O)NC(C(N)=O)CCCCNC(=O)CC(NC(=O)[C@H](CCCN=C(N)N)NC(C)=O)C1=O. The van der Waals surface area contributed by atoms with Crippen LogP contribution in [0.5, 0.6) is 0 Å². The highest BCUT2D eigenvalue weighted by atomic mass is 16.2. The van der Waals surface area contributed by atoms with Gasteiger partial charge in [0, 0.05) is 63.0 Å². The van der Waals surface area contributed by atoms with Crippen LogP contribution in [-0.4, -0.2) is 138 Å². The first-order valence-corrected chi connectivity index (χ1v) is 24.7. The van der Waals surface area contributed by atoms with E-state index in [4.69, 9.17) is 28.7 Å². The van der Waals surface area contributed by atoms with E-state index in [0.29, 0.717) is 17.5 Å². The van der Waals surface area contributed by atoms with Gasteiger partial charge < -0.3 is 70.9 Å². The Morgan fingerprint density at radius 2 is 1.39 bits per heavy atom. The molecule has 25 nitrogen and oxygen atoms in total. The van der Waals surface area contributed by atoms with Crippen LogP contribution in [0.25, 0.3) is 10.9 Å². The highest BCUT2D eigenvalue weighted by molar-refractivity contribution is 6.03. The molecule has 2 heterocycles. The first kappa shape index (κ1) is 58.3. The average molecular weight is 1030 g/mol. The third kappa shape index (κ3) is 19.4. The van der Waals surface area contributed by atoms with Gasteiger partial charge in [0.05, 0.1) is 6.42 Å². The van der Waals surface area contributed by atoms with Gasteiger partial charge >= 0.3 is 6.03 Å². The molecule has 0 aliphatic carbocycles. The molecule has 1 saturated heterocycles. The Morgan fingerprint density at radius 3 is 2.07 bits per heavy atom. The van der Waals surface area contributed by atoms with Crippen molar-refractivity contribution >= 4 is 76.1 Å². The Hall–Kier alpha value is -8.25. The van der Waals surface area contributed by atoms with E-state index in [2.05, 4.69) is 52.2 Å². The summed E-state index contributed by atoms with van der Waals surface area (Å²) in [6.07, 6.45) is 2.51. The van der Waals surface area contributed by atoms with Crippen LogP contribution in [-0.2, 0) is 51.2 Å². The van der Waals surface area contributed by atoms with Gasteiger partial charge in [0.2, 0.25) is 41.4 Å². The summed E-state index contributed by atoms with van der Waals surface area (Å²) < 4.78 is 0. The molecule has 1 aliphatic rings. The Kier molecular flexibility index (Phi) is 23.6. The summed E-state index contributed by atoms with van der Waals surface area (Å²) in [5.41, 5.74) is 29.8. The van der Waals surface area contributed by atoms with E-state index in [1.54, 1.807) is 36.5 Å². The fraction of sp³-hybridized carbons (Fsp3) is 0.490.